The number of ether oxygens (including phenoxy) is 3. The van der Waals surface area contributed by atoms with Crippen molar-refractivity contribution in [2.75, 3.05) is 26.1 Å². The Hall–Kier alpha value is -4.66. The van der Waals surface area contributed by atoms with Crippen LogP contribution in [0.2, 0.25) is 0 Å². The maximum absolute atomic E-state index is 13.9. The molecule has 1 fully saturated rings. The lowest BCUT2D eigenvalue weighted by Gasteiger charge is -2.35. The van der Waals surface area contributed by atoms with Gasteiger partial charge in [-0.05, 0) is 73.1 Å². The number of carbonyl (C=O) groups is 4. The fourth-order valence-corrected chi connectivity index (χ4v) is 5.84. The normalized spacial score (nSPS) is 15.3. The highest BCUT2D eigenvalue weighted by Crippen LogP contribution is 2.32. The predicted molar refractivity (Wildman–Crippen MR) is 185 cm³/mol. The van der Waals surface area contributed by atoms with Crippen LogP contribution in [0.1, 0.15) is 82.1 Å². The number of rotatable bonds is 14. The van der Waals surface area contributed by atoms with Crippen LogP contribution in [0.5, 0.6) is 11.5 Å². The summed E-state index contributed by atoms with van der Waals surface area (Å²) in [5, 5.41) is 2.89. The summed E-state index contributed by atoms with van der Waals surface area (Å²) in [5.41, 5.74) is 2.62. The first-order valence-corrected chi connectivity index (χ1v) is 16.7. The van der Waals surface area contributed by atoms with Crippen molar-refractivity contribution >= 4 is 29.3 Å². The zero-order chi connectivity index (χ0) is 34.7. The Bertz CT molecular complexity index is 1560. The molecule has 2 amide bonds. The zero-order valence-electron chi connectivity index (χ0n) is 28.8. The quantitative estimate of drug-likeness (QED) is 0.188. The van der Waals surface area contributed by atoms with Gasteiger partial charge in [0.2, 0.25) is 11.8 Å². The molecule has 0 unspecified atom stereocenters. The van der Waals surface area contributed by atoms with Crippen molar-refractivity contribution in [1.29, 1.82) is 0 Å². The van der Waals surface area contributed by atoms with Crippen LogP contribution in [0.15, 0.2) is 72.8 Å². The Morgan fingerprint density at radius 2 is 1.60 bits per heavy atom. The molecule has 0 radical (unpaired) electrons. The largest absolute Gasteiger partial charge is 0.493 e. The fraction of sp³-hybridized carbons (Fsp3) is 0.436. The van der Waals surface area contributed by atoms with Crippen molar-refractivity contribution in [3.05, 3.63) is 89.5 Å². The third kappa shape index (κ3) is 10.2. The smallest absolute Gasteiger partial charge is 0.329 e. The molecule has 1 saturated heterocycles. The van der Waals surface area contributed by atoms with Gasteiger partial charge in [0.1, 0.15) is 17.9 Å². The maximum Gasteiger partial charge on any atom is 0.329 e. The summed E-state index contributed by atoms with van der Waals surface area (Å²) in [6.07, 6.45) is 2.99. The van der Waals surface area contributed by atoms with Crippen LogP contribution in [0.3, 0.4) is 0 Å². The van der Waals surface area contributed by atoms with Crippen molar-refractivity contribution in [3.63, 3.8) is 0 Å². The highest BCUT2D eigenvalue weighted by Gasteiger charge is 2.35. The lowest BCUT2D eigenvalue weighted by molar-refractivity contribution is -0.162. The number of hydrogen-bond acceptors (Lipinski definition) is 7. The third-order valence-corrected chi connectivity index (χ3v) is 8.65. The summed E-state index contributed by atoms with van der Waals surface area (Å²) in [6, 6.07) is 21.8. The van der Waals surface area contributed by atoms with Crippen molar-refractivity contribution in [3.8, 4) is 11.5 Å². The van der Waals surface area contributed by atoms with E-state index in [9.17, 15) is 19.2 Å². The molecule has 3 aromatic carbocycles. The summed E-state index contributed by atoms with van der Waals surface area (Å²) in [7, 11) is 3.17. The van der Waals surface area contributed by atoms with Gasteiger partial charge in [0, 0.05) is 30.5 Å². The molecule has 1 aliphatic rings. The number of nitrogens with one attached hydrogen (secondary N) is 1. The van der Waals surface area contributed by atoms with E-state index in [4.69, 9.17) is 14.2 Å². The lowest BCUT2D eigenvalue weighted by Crippen LogP contribution is -2.49. The number of piperidine rings is 1. The molecular formula is C39H48N2O7. The molecule has 0 bridgehead atoms. The third-order valence-electron chi connectivity index (χ3n) is 8.65. The molecule has 1 aliphatic heterocycles. The van der Waals surface area contributed by atoms with Gasteiger partial charge in [-0.2, -0.15) is 0 Å². The molecule has 2 atom stereocenters. The number of amides is 2. The van der Waals surface area contributed by atoms with E-state index in [2.05, 4.69) is 5.32 Å². The number of esters is 1. The highest BCUT2D eigenvalue weighted by atomic mass is 16.5. The van der Waals surface area contributed by atoms with Crippen molar-refractivity contribution < 1.29 is 33.4 Å². The van der Waals surface area contributed by atoms with Gasteiger partial charge >= 0.3 is 5.97 Å². The van der Waals surface area contributed by atoms with E-state index in [0.717, 1.165) is 24.0 Å². The van der Waals surface area contributed by atoms with E-state index >= 15 is 0 Å². The second-order valence-corrected chi connectivity index (χ2v) is 13.3. The molecule has 3 aromatic rings. The number of aryl methyl sites for hydroxylation is 1. The first kappa shape index (κ1) is 36.2. The van der Waals surface area contributed by atoms with Crippen LogP contribution in [0.25, 0.3) is 0 Å². The Kier molecular flexibility index (Phi) is 12.8. The summed E-state index contributed by atoms with van der Waals surface area (Å²) in [5.74, 6) is 0.441. The number of anilines is 1. The number of Topliss-reactive ketones (excluding diaryl/α,β-unsaturated/α-hetero) is 1. The number of ketones is 1. The first-order chi connectivity index (χ1) is 23.0. The average Bonchev–Trinajstić information content (AvgIpc) is 3.08. The highest BCUT2D eigenvalue weighted by molar-refractivity contribution is 5.94. The van der Waals surface area contributed by atoms with Crippen LogP contribution in [0.4, 0.5) is 5.69 Å². The summed E-state index contributed by atoms with van der Waals surface area (Å²) < 4.78 is 17.1. The lowest BCUT2D eigenvalue weighted by atomic mass is 9.88. The summed E-state index contributed by atoms with van der Waals surface area (Å²) in [6.45, 7) is 6.02. The van der Waals surface area contributed by atoms with Gasteiger partial charge in [0.15, 0.2) is 11.5 Å². The summed E-state index contributed by atoms with van der Waals surface area (Å²) >= 11 is 0. The standard InChI is InChI=1S/C39H48N2O7/c1-39(2,3)35(42)21-22-36(43)40-30-15-11-14-29(26-30)32(19-17-28-18-20-33(46-4)34(24-28)47-5)48-38(45)31-16-9-10-23-41(31)37(44)25-27-12-7-6-8-13-27/h6-8,11-15,18,20,24,26,31-32H,9-10,16-17,19,21-23,25H2,1-5H3,(H,40,43)/t31-,32+/m0/s1. The fourth-order valence-electron chi connectivity index (χ4n) is 5.84. The van der Waals surface area contributed by atoms with Gasteiger partial charge in [-0.15, -0.1) is 0 Å². The van der Waals surface area contributed by atoms with Gasteiger partial charge in [0.25, 0.3) is 0 Å². The Labute approximate surface area is 283 Å². The number of methoxy groups -OCH3 is 2. The number of carbonyl (C=O) groups excluding carboxylic acids is 4. The molecule has 0 saturated carbocycles. The number of benzene rings is 3. The molecule has 0 spiro atoms. The van der Waals surface area contributed by atoms with E-state index in [1.165, 1.54) is 0 Å². The molecule has 1 heterocycles. The molecule has 0 aromatic heterocycles. The molecule has 1 N–H and O–H groups in total. The second kappa shape index (κ2) is 16.9. The van der Waals surface area contributed by atoms with Crippen molar-refractivity contribution in [2.45, 2.75) is 84.3 Å². The summed E-state index contributed by atoms with van der Waals surface area (Å²) in [4.78, 5) is 54.1. The van der Waals surface area contributed by atoms with Crippen LogP contribution < -0.4 is 14.8 Å². The van der Waals surface area contributed by atoms with Gasteiger partial charge < -0.3 is 24.4 Å². The van der Waals surface area contributed by atoms with Gasteiger partial charge in [0.05, 0.1) is 20.6 Å². The zero-order valence-corrected chi connectivity index (χ0v) is 28.8. The van der Waals surface area contributed by atoms with E-state index in [-0.39, 0.29) is 36.9 Å². The van der Waals surface area contributed by atoms with E-state index < -0.39 is 23.5 Å². The molecule has 0 aliphatic carbocycles. The van der Waals surface area contributed by atoms with Crippen LogP contribution in [-0.4, -0.2) is 55.3 Å². The molecule has 4 rings (SSSR count). The Morgan fingerprint density at radius 1 is 0.854 bits per heavy atom. The molecule has 48 heavy (non-hydrogen) atoms. The van der Waals surface area contributed by atoms with Gasteiger partial charge in [-0.1, -0.05) is 69.3 Å². The minimum Gasteiger partial charge on any atom is -0.493 e. The van der Waals surface area contributed by atoms with Crippen molar-refractivity contribution in [2.24, 2.45) is 5.41 Å². The van der Waals surface area contributed by atoms with Gasteiger partial charge in [-0.25, -0.2) is 4.79 Å². The first-order valence-electron chi connectivity index (χ1n) is 16.7. The number of hydrogen-bond donors (Lipinski definition) is 1. The molecular weight excluding hydrogens is 608 g/mol. The van der Waals surface area contributed by atoms with Gasteiger partial charge in [-0.3, -0.25) is 14.4 Å². The average molecular weight is 657 g/mol. The molecule has 9 nitrogen and oxygen atoms in total. The second-order valence-electron chi connectivity index (χ2n) is 13.3. The minimum atomic E-state index is -0.679. The predicted octanol–water partition coefficient (Wildman–Crippen LogP) is 6.88. The molecule has 9 heteroatoms. The van der Waals surface area contributed by atoms with Crippen LogP contribution >= 0.6 is 0 Å². The monoisotopic (exact) mass is 656 g/mol. The van der Waals surface area contributed by atoms with Crippen LogP contribution in [-0.2, 0) is 36.8 Å². The van der Waals surface area contributed by atoms with E-state index in [1.807, 2.05) is 75.4 Å². The topological polar surface area (TPSA) is 111 Å². The number of likely N-dealkylation sites (tertiary alicyclic amines) is 1. The maximum atomic E-state index is 13.9. The SMILES string of the molecule is COc1ccc(CC[C@@H](OC(=O)[C@@H]2CCCCN2C(=O)Cc2ccccc2)c2cccc(NC(=O)CCC(=O)C(C)(C)C)c2)cc1OC. The molecule has 256 valence electrons. The van der Waals surface area contributed by atoms with E-state index in [0.29, 0.717) is 48.6 Å². The number of nitrogens with zero attached hydrogens (tertiary/aromatic N) is 1. The minimum absolute atomic E-state index is 0.0209. The van der Waals surface area contributed by atoms with Crippen LogP contribution in [0, 0.1) is 5.41 Å². The van der Waals surface area contributed by atoms with Crippen molar-refractivity contribution in [1.82, 2.24) is 4.90 Å². The Balaban J connectivity index is 1.53. The Morgan fingerprint density at radius 3 is 2.31 bits per heavy atom. The van der Waals surface area contributed by atoms with E-state index in [1.54, 1.807) is 37.3 Å².